The molecule has 0 aliphatic carbocycles. The fourth-order valence-electron chi connectivity index (χ4n) is 2.55. The second-order valence-electron chi connectivity index (χ2n) is 5.82. The van der Waals surface area contributed by atoms with Crippen molar-refractivity contribution in [2.45, 2.75) is 19.2 Å². The summed E-state index contributed by atoms with van der Waals surface area (Å²) in [5.41, 5.74) is 1.77. The Labute approximate surface area is 156 Å². The van der Waals surface area contributed by atoms with Gasteiger partial charge in [0, 0.05) is 5.56 Å². The first-order valence-corrected chi connectivity index (χ1v) is 8.42. The molecular weight excluding hydrogens is 356 g/mol. The van der Waals surface area contributed by atoms with Crippen LogP contribution in [0, 0.1) is 6.92 Å². The third-order valence-corrected chi connectivity index (χ3v) is 4.14. The molecule has 3 rings (SSSR count). The molecule has 1 heterocycles. The van der Waals surface area contributed by atoms with Crippen LogP contribution in [-0.2, 0) is 4.79 Å². The van der Waals surface area contributed by atoms with Crippen LogP contribution in [0.2, 0.25) is 0 Å². The summed E-state index contributed by atoms with van der Waals surface area (Å²) in [6.07, 6.45) is 1.65. The fraction of sp³-hybridized carbons (Fsp3) is 0.200. The number of benzene rings is 2. The highest BCUT2D eigenvalue weighted by Gasteiger charge is 2.30. The van der Waals surface area contributed by atoms with Crippen LogP contribution in [0.3, 0.4) is 0 Å². The van der Waals surface area contributed by atoms with Gasteiger partial charge in [-0.25, -0.2) is 0 Å². The second kappa shape index (κ2) is 7.22. The number of ether oxygens (including phenoxy) is 3. The molecule has 6 heteroatoms. The predicted octanol–water partition coefficient (Wildman–Crippen LogP) is 4.15. The topological polar surface area (TPSA) is 61.8 Å². The van der Waals surface area contributed by atoms with Crippen molar-refractivity contribution in [2.24, 2.45) is 0 Å². The normalized spacial score (nSPS) is 15.4. The average Bonchev–Trinajstić information content (AvgIpc) is 2.94. The zero-order valence-electron chi connectivity index (χ0n) is 14.5. The standard InChI is InChI=1S/C20H17ClO5/c1-11-16(26-20(23)12(2)21)8-7-15-18(22)17(25-19(11)15)10-13-5-4-6-14(9-13)24-3/h4-10,12H,1-3H3/b17-10-. The van der Waals surface area contributed by atoms with E-state index in [9.17, 15) is 9.59 Å². The van der Waals surface area contributed by atoms with Crippen molar-refractivity contribution in [1.29, 1.82) is 0 Å². The Hall–Kier alpha value is -2.79. The molecule has 0 saturated carbocycles. The SMILES string of the molecule is COc1cccc(/C=C2\Oc3c(ccc(OC(=O)C(C)Cl)c3C)C2=O)c1. The summed E-state index contributed by atoms with van der Waals surface area (Å²) in [5.74, 6) is 0.794. The van der Waals surface area contributed by atoms with Gasteiger partial charge in [0.1, 0.15) is 22.6 Å². The number of fused-ring (bicyclic) bond motifs is 1. The molecule has 134 valence electrons. The molecule has 2 aromatic rings. The van der Waals surface area contributed by atoms with E-state index in [0.29, 0.717) is 28.4 Å². The Morgan fingerprint density at radius 3 is 2.73 bits per heavy atom. The van der Waals surface area contributed by atoms with E-state index >= 15 is 0 Å². The van der Waals surface area contributed by atoms with Gasteiger partial charge in [0.05, 0.1) is 12.7 Å². The van der Waals surface area contributed by atoms with E-state index in [0.717, 1.165) is 5.56 Å². The molecule has 0 saturated heterocycles. The van der Waals surface area contributed by atoms with Gasteiger partial charge < -0.3 is 14.2 Å². The van der Waals surface area contributed by atoms with Crippen LogP contribution >= 0.6 is 11.6 Å². The predicted molar refractivity (Wildman–Crippen MR) is 98.1 cm³/mol. The number of carbonyl (C=O) groups is 2. The number of Topliss-reactive ketones (excluding diaryl/α,β-unsaturated/α-hetero) is 1. The number of alkyl halides is 1. The van der Waals surface area contributed by atoms with Crippen LogP contribution in [0.1, 0.15) is 28.4 Å². The molecule has 2 aromatic carbocycles. The van der Waals surface area contributed by atoms with Gasteiger partial charge in [-0.1, -0.05) is 12.1 Å². The molecule has 5 nitrogen and oxygen atoms in total. The molecule has 0 spiro atoms. The van der Waals surface area contributed by atoms with Crippen molar-refractivity contribution in [3.8, 4) is 17.2 Å². The summed E-state index contributed by atoms with van der Waals surface area (Å²) < 4.78 is 16.2. The van der Waals surface area contributed by atoms with Crippen LogP contribution in [0.15, 0.2) is 42.2 Å². The van der Waals surface area contributed by atoms with E-state index in [4.69, 9.17) is 25.8 Å². The van der Waals surface area contributed by atoms with E-state index in [-0.39, 0.29) is 11.5 Å². The molecule has 1 aliphatic rings. The monoisotopic (exact) mass is 372 g/mol. The average molecular weight is 373 g/mol. The quantitative estimate of drug-likeness (QED) is 0.349. The smallest absolute Gasteiger partial charge is 0.329 e. The summed E-state index contributed by atoms with van der Waals surface area (Å²) in [6.45, 7) is 3.25. The maximum Gasteiger partial charge on any atom is 0.329 e. The van der Waals surface area contributed by atoms with Crippen molar-refractivity contribution in [2.75, 3.05) is 7.11 Å². The lowest BCUT2D eigenvalue weighted by atomic mass is 10.1. The Kier molecular flexibility index (Phi) is 5.00. The van der Waals surface area contributed by atoms with Gasteiger partial charge in [0.25, 0.3) is 0 Å². The van der Waals surface area contributed by atoms with Gasteiger partial charge in [-0.05, 0) is 49.8 Å². The Morgan fingerprint density at radius 2 is 2.04 bits per heavy atom. The maximum atomic E-state index is 12.6. The minimum absolute atomic E-state index is 0.200. The summed E-state index contributed by atoms with van der Waals surface area (Å²) in [6, 6.07) is 10.4. The first kappa shape index (κ1) is 18.0. The Balaban J connectivity index is 1.92. The Morgan fingerprint density at radius 1 is 1.27 bits per heavy atom. The van der Waals surface area contributed by atoms with Crippen molar-refractivity contribution in [3.05, 3.63) is 58.8 Å². The van der Waals surface area contributed by atoms with Crippen molar-refractivity contribution < 1.29 is 23.8 Å². The van der Waals surface area contributed by atoms with Crippen molar-refractivity contribution >= 4 is 29.4 Å². The van der Waals surface area contributed by atoms with Gasteiger partial charge in [0.15, 0.2) is 5.76 Å². The van der Waals surface area contributed by atoms with Gasteiger partial charge >= 0.3 is 5.97 Å². The highest BCUT2D eigenvalue weighted by Crippen LogP contribution is 2.39. The molecule has 0 fully saturated rings. The van der Waals surface area contributed by atoms with Gasteiger partial charge in [-0.3, -0.25) is 9.59 Å². The summed E-state index contributed by atoms with van der Waals surface area (Å²) in [5, 5.41) is -0.770. The molecule has 0 radical (unpaired) electrons. The van der Waals surface area contributed by atoms with Crippen LogP contribution in [0.4, 0.5) is 0 Å². The number of allylic oxidation sites excluding steroid dienone is 1. The van der Waals surface area contributed by atoms with Gasteiger partial charge in [-0.15, -0.1) is 11.6 Å². The van der Waals surface area contributed by atoms with E-state index in [1.54, 1.807) is 38.3 Å². The number of esters is 1. The van der Waals surface area contributed by atoms with E-state index < -0.39 is 11.3 Å². The molecule has 26 heavy (non-hydrogen) atoms. The lowest BCUT2D eigenvalue weighted by molar-refractivity contribution is -0.133. The maximum absolute atomic E-state index is 12.6. The van der Waals surface area contributed by atoms with Crippen LogP contribution in [-0.4, -0.2) is 24.2 Å². The summed E-state index contributed by atoms with van der Waals surface area (Å²) in [7, 11) is 1.58. The number of carbonyl (C=O) groups excluding carboxylic acids is 2. The van der Waals surface area contributed by atoms with Gasteiger partial charge in [0.2, 0.25) is 5.78 Å². The van der Waals surface area contributed by atoms with Crippen molar-refractivity contribution in [1.82, 2.24) is 0 Å². The highest BCUT2D eigenvalue weighted by atomic mass is 35.5. The third-order valence-electron chi connectivity index (χ3n) is 3.96. The second-order valence-corrected chi connectivity index (χ2v) is 6.47. The minimum Gasteiger partial charge on any atom is -0.497 e. The molecule has 0 amide bonds. The zero-order chi connectivity index (χ0) is 18.8. The third kappa shape index (κ3) is 3.44. The lowest BCUT2D eigenvalue weighted by Crippen LogP contribution is -2.18. The number of ketones is 1. The Bertz CT molecular complexity index is 914. The lowest BCUT2D eigenvalue weighted by Gasteiger charge is -2.10. The molecule has 0 bridgehead atoms. The fourth-order valence-corrected chi connectivity index (χ4v) is 2.60. The van der Waals surface area contributed by atoms with E-state index in [1.165, 1.54) is 6.92 Å². The van der Waals surface area contributed by atoms with Crippen LogP contribution < -0.4 is 14.2 Å². The minimum atomic E-state index is -0.770. The number of halogens is 1. The van der Waals surface area contributed by atoms with E-state index in [1.807, 2.05) is 18.2 Å². The molecule has 1 unspecified atom stereocenters. The van der Waals surface area contributed by atoms with Crippen molar-refractivity contribution in [3.63, 3.8) is 0 Å². The molecule has 0 aromatic heterocycles. The highest BCUT2D eigenvalue weighted by molar-refractivity contribution is 6.29. The molecule has 1 aliphatic heterocycles. The van der Waals surface area contributed by atoms with Crippen LogP contribution in [0.25, 0.3) is 6.08 Å². The number of methoxy groups -OCH3 is 1. The molecule has 0 N–H and O–H groups in total. The van der Waals surface area contributed by atoms with Gasteiger partial charge in [-0.2, -0.15) is 0 Å². The molecular formula is C20H17ClO5. The van der Waals surface area contributed by atoms with E-state index in [2.05, 4.69) is 0 Å². The summed E-state index contributed by atoms with van der Waals surface area (Å²) >= 11 is 5.73. The zero-order valence-corrected chi connectivity index (χ0v) is 15.3. The molecule has 1 atom stereocenters. The van der Waals surface area contributed by atoms with Crippen LogP contribution in [0.5, 0.6) is 17.2 Å². The summed E-state index contributed by atoms with van der Waals surface area (Å²) in [4.78, 5) is 24.3. The number of hydrogen-bond donors (Lipinski definition) is 0. The number of rotatable bonds is 4. The first-order chi connectivity index (χ1) is 12.4. The first-order valence-electron chi connectivity index (χ1n) is 7.98. The largest absolute Gasteiger partial charge is 0.497 e. The number of hydrogen-bond acceptors (Lipinski definition) is 5.